The van der Waals surface area contributed by atoms with Crippen molar-refractivity contribution in [2.45, 2.75) is 37.0 Å². The van der Waals surface area contributed by atoms with Crippen molar-refractivity contribution < 1.29 is 8.42 Å². The van der Waals surface area contributed by atoms with E-state index in [9.17, 15) is 8.42 Å². The van der Waals surface area contributed by atoms with Gasteiger partial charge < -0.3 is 5.32 Å². The fraction of sp³-hybridized carbons (Fsp3) is 0.667. The van der Waals surface area contributed by atoms with Crippen LogP contribution in [0.3, 0.4) is 0 Å². The lowest BCUT2D eigenvalue weighted by Crippen LogP contribution is -2.40. The van der Waals surface area contributed by atoms with Gasteiger partial charge >= 0.3 is 0 Å². The van der Waals surface area contributed by atoms with Crippen molar-refractivity contribution in [2.75, 3.05) is 12.8 Å². The van der Waals surface area contributed by atoms with Crippen LogP contribution in [0.2, 0.25) is 0 Å². The topological polar surface area (TPSA) is 46.2 Å². The van der Waals surface area contributed by atoms with Gasteiger partial charge in [-0.05, 0) is 48.2 Å². The third kappa shape index (κ3) is 3.53. The molecular formula is C12H19NO2S2. The van der Waals surface area contributed by atoms with Crippen molar-refractivity contribution in [3.05, 3.63) is 22.4 Å². The SMILES string of the molecule is CS(=O)(=O)C1CCCC1NCCc1ccsc1. The lowest BCUT2D eigenvalue weighted by atomic mass is 10.2. The van der Waals surface area contributed by atoms with Crippen LogP contribution in [-0.4, -0.2) is 32.5 Å². The largest absolute Gasteiger partial charge is 0.312 e. The summed E-state index contributed by atoms with van der Waals surface area (Å²) in [5.74, 6) is 0. The zero-order valence-electron chi connectivity index (χ0n) is 10.1. The van der Waals surface area contributed by atoms with E-state index in [0.717, 1.165) is 32.2 Å². The molecule has 17 heavy (non-hydrogen) atoms. The first kappa shape index (κ1) is 13.1. The number of thiophene rings is 1. The number of sulfone groups is 1. The van der Waals surface area contributed by atoms with Crippen LogP contribution >= 0.6 is 11.3 Å². The molecule has 1 fully saturated rings. The molecule has 1 saturated carbocycles. The summed E-state index contributed by atoms with van der Waals surface area (Å²) < 4.78 is 23.2. The zero-order valence-corrected chi connectivity index (χ0v) is 11.7. The molecule has 0 aliphatic heterocycles. The summed E-state index contributed by atoms with van der Waals surface area (Å²) in [6.45, 7) is 0.868. The average Bonchev–Trinajstić information content (AvgIpc) is 2.86. The molecule has 3 nitrogen and oxygen atoms in total. The van der Waals surface area contributed by atoms with E-state index in [0.29, 0.717) is 0 Å². The summed E-state index contributed by atoms with van der Waals surface area (Å²) >= 11 is 1.70. The highest BCUT2D eigenvalue weighted by molar-refractivity contribution is 7.91. The molecule has 0 aromatic carbocycles. The fourth-order valence-corrected chi connectivity index (χ4v) is 4.64. The van der Waals surface area contributed by atoms with Gasteiger partial charge in [0.25, 0.3) is 0 Å². The van der Waals surface area contributed by atoms with Gasteiger partial charge in [-0.2, -0.15) is 11.3 Å². The Morgan fingerprint density at radius 3 is 2.94 bits per heavy atom. The van der Waals surface area contributed by atoms with Gasteiger partial charge in [0.05, 0.1) is 5.25 Å². The van der Waals surface area contributed by atoms with Crippen molar-refractivity contribution in [2.24, 2.45) is 0 Å². The Labute approximate surface area is 107 Å². The summed E-state index contributed by atoms with van der Waals surface area (Å²) in [6.07, 6.45) is 5.16. The van der Waals surface area contributed by atoms with Crippen LogP contribution in [0.1, 0.15) is 24.8 Å². The van der Waals surface area contributed by atoms with E-state index in [1.54, 1.807) is 11.3 Å². The monoisotopic (exact) mass is 273 g/mol. The standard InChI is InChI=1S/C12H19NO2S2/c1-17(14,15)12-4-2-3-11(12)13-7-5-10-6-8-16-9-10/h6,8-9,11-13H,2-5,7H2,1H3. The summed E-state index contributed by atoms with van der Waals surface area (Å²) in [6, 6.07) is 2.28. The van der Waals surface area contributed by atoms with Gasteiger partial charge in [-0.15, -0.1) is 0 Å². The summed E-state index contributed by atoms with van der Waals surface area (Å²) in [7, 11) is -2.90. The minimum absolute atomic E-state index is 0.156. The van der Waals surface area contributed by atoms with E-state index in [-0.39, 0.29) is 11.3 Å². The molecule has 1 N–H and O–H groups in total. The molecule has 1 heterocycles. The van der Waals surface area contributed by atoms with Crippen molar-refractivity contribution in [1.82, 2.24) is 5.32 Å². The maximum atomic E-state index is 11.6. The highest BCUT2D eigenvalue weighted by Crippen LogP contribution is 2.24. The summed E-state index contributed by atoms with van der Waals surface area (Å²) in [4.78, 5) is 0. The molecule has 2 rings (SSSR count). The lowest BCUT2D eigenvalue weighted by Gasteiger charge is -2.19. The molecule has 1 aromatic rings. The van der Waals surface area contributed by atoms with Crippen LogP contribution in [0.5, 0.6) is 0 Å². The van der Waals surface area contributed by atoms with Crippen LogP contribution < -0.4 is 5.32 Å². The quantitative estimate of drug-likeness (QED) is 0.890. The van der Waals surface area contributed by atoms with Gasteiger partial charge in [-0.3, -0.25) is 0 Å². The van der Waals surface area contributed by atoms with E-state index >= 15 is 0 Å². The normalized spacial score (nSPS) is 25.2. The molecule has 96 valence electrons. The first-order valence-corrected chi connectivity index (χ1v) is 8.90. The van der Waals surface area contributed by atoms with Crippen LogP contribution in [0.4, 0.5) is 0 Å². The fourth-order valence-electron chi connectivity index (χ4n) is 2.51. The van der Waals surface area contributed by atoms with Crippen LogP contribution in [-0.2, 0) is 16.3 Å². The molecule has 5 heteroatoms. The molecule has 2 unspecified atom stereocenters. The number of nitrogens with one attached hydrogen (secondary N) is 1. The highest BCUT2D eigenvalue weighted by Gasteiger charge is 2.34. The molecule has 2 atom stereocenters. The third-order valence-corrected chi connectivity index (χ3v) is 5.80. The maximum absolute atomic E-state index is 11.6. The third-order valence-electron chi connectivity index (χ3n) is 3.40. The van der Waals surface area contributed by atoms with E-state index in [1.807, 2.05) is 0 Å². The lowest BCUT2D eigenvalue weighted by molar-refractivity contribution is 0.510. The molecule has 0 bridgehead atoms. The van der Waals surface area contributed by atoms with E-state index < -0.39 is 9.84 Å². The molecule has 0 spiro atoms. The summed E-state index contributed by atoms with van der Waals surface area (Å²) in [5.41, 5.74) is 1.33. The Balaban J connectivity index is 1.82. The Kier molecular flexibility index (Phi) is 4.22. The van der Waals surface area contributed by atoms with Crippen molar-refractivity contribution in [3.63, 3.8) is 0 Å². The van der Waals surface area contributed by atoms with Crippen LogP contribution in [0, 0.1) is 0 Å². The smallest absolute Gasteiger partial charge is 0.151 e. The molecule has 1 aliphatic carbocycles. The van der Waals surface area contributed by atoms with E-state index in [4.69, 9.17) is 0 Å². The average molecular weight is 273 g/mol. The molecule has 0 amide bonds. The minimum atomic E-state index is -2.90. The Bertz CT molecular complexity index is 439. The molecule has 0 saturated heterocycles. The first-order chi connectivity index (χ1) is 8.07. The first-order valence-electron chi connectivity index (χ1n) is 6.00. The van der Waals surface area contributed by atoms with Crippen LogP contribution in [0.15, 0.2) is 16.8 Å². The van der Waals surface area contributed by atoms with Crippen molar-refractivity contribution >= 4 is 21.2 Å². The molecule has 1 aromatic heterocycles. The molecular weight excluding hydrogens is 254 g/mol. The number of hydrogen-bond donors (Lipinski definition) is 1. The Morgan fingerprint density at radius 1 is 1.47 bits per heavy atom. The predicted molar refractivity (Wildman–Crippen MR) is 72.3 cm³/mol. The number of hydrogen-bond acceptors (Lipinski definition) is 4. The van der Waals surface area contributed by atoms with Gasteiger partial charge in [0.2, 0.25) is 0 Å². The van der Waals surface area contributed by atoms with Gasteiger partial charge in [0.1, 0.15) is 0 Å². The zero-order chi connectivity index (χ0) is 12.3. The molecule has 0 radical (unpaired) electrons. The second-order valence-electron chi connectivity index (χ2n) is 4.74. The molecule has 1 aliphatic rings. The van der Waals surface area contributed by atoms with Crippen LogP contribution in [0.25, 0.3) is 0 Å². The second kappa shape index (κ2) is 5.50. The summed E-state index contributed by atoms with van der Waals surface area (Å²) in [5, 5.41) is 7.44. The van der Waals surface area contributed by atoms with Crippen molar-refractivity contribution in [3.8, 4) is 0 Å². The highest BCUT2D eigenvalue weighted by atomic mass is 32.2. The Hall–Kier alpha value is -0.390. The minimum Gasteiger partial charge on any atom is -0.312 e. The second-order valence-corrected chi connectivity index (χ2v) is 7.79. The number of rotatable bonds is 5. The van der Waals surface area contributed by atoms with Gasteiger partial charge in [-0.25, -0.2) is 8.42 Å². The Morgan fingerprint density at radius 2 is 2.29 bits per heavy atom. The van der Waals surface area contributed by atoms with Gasteiger partial charge in [0.15, 0.2) is 9.84 Å². The maximum Gasteiger partial charge on any atom is 0.151 e. The van der Waals surface area contributed by atoms with Gasteiger partial charge in [-0.1, -0.05) is 6.42 Å². The van der Waals surface area contributed by atoms with Gasteiger partial charge in [0, 0.05) is 12.3 Å². The van der Waals surface area contributed by atoms with Crippen molar-refractivity contribution in [1.29, 1.82) is 0 Å². The van der Waals surface area contributed by atoms with E-state index in [2.05, 4.69) is 22.1 Å². The van der Waals surface area contributed by atoms with E-state index in [1.165, 1.54) is 11.8 Å². The predicted octanol–water partition coefficient (Wildman–Crippen LogP) is 1.85.